The van der Waals surface area contributed by atoms with Crippen LogP contribution in [0.2, 0.25) is 0 Å². The predicted octanol–water partition coefficient (Wildman–Crippen LogP) is -0.538. The standard InChI is InChI=1S/C10H19N3O2/c1-13-7-3-4-8(13)10(15)12-6-2-5-9(11)14/h8H,2-7H2,1H3,(H2,11,14)(H,12,15)/t8-/m0/s1. The fourth-order valence-corrected chi connectivity index (χ4v) is 1.83. The zero-order chi connectivity index (χ0) is 11.3. The van der Waals surface area contributed by atoms with Gasteiger partial charge < -0.3 is 11.1 Å². The van der Waals surface area contributed by atoms with E-state index in [1.165, 1.54) is 0 Å². The van der Waals surface area contributed by atoms with Crippen molar-refractivity contribution in [2.24, 2.45) is 5.73 Å². The van der Waals surface area contributed by atoms with Crippen LogP contribution in [0.5, 0.6) is 0 Å². The molecule has 5 nitrogen and oxygen atoms in total. The molecule has 1 aliphatic heterocycles. The van der Waals surface area contributed by atoms with Gasteiger partial charge in [0.25, 0.3) is 0 Å². The Morgan fingerprint density at radius 2 is 2.27 bits per heavy atom. The maximum absolute atomic E-state index is 11.6. The highest BCUT2D eigenvalue weighted by atomic mass is 16.2. The number of carbonyl (C=O) groups is 2. The first-order valence-electron chi connectivity index (χ1n) is 5.37. The number of amides is 2. The molecule has 0 unspecified atom stereocenters. The third-order valence-corrected chi connectivity index (χ3v) is 2.72. The molecule has 0 aromatic rings. The van der Waals surface area contributed by atoms with E-state index in [0.717, 1.165) is 19.4 Å². The minimum atomic E-state index is -0.317. The first-order chi connectivity index (χ1) is 7.11. The van der Waals surface area contributed by atoms with Crippen LogP contribution < -0.4 is 11.1 Å². The molecule has 1 heterocycles. The normalized spacial score (nSPS) is 21.5. The molecule has 0 bridgehead atoms. The van der Waals surface area contributed by atoms with Gasteiger partial charge in [0.1, 0.15) is 0 Å². The molecule has 0 aromatic heterocycles. The molecule has 15 heavy (non-hydrogen) atoms. The highest BCUT2D eigenvalue weighted by Crippen LogP contribution is 2.14. The van der Waals surface area contributed by atoms with Gasteiger partial charge in [-0.25, -0.2) is 0 Å². The average molecular weight is 213 g/mol. The van der Waals surface area contributed by atoms with Gasteiger partial charge in [-0.05, 0) is 32.9 Å². The fraction of sp³-hybridized carbons (Fsp3) is 0.800. The molecule has 1 fully saturated rings. The maximum atomic E-state index is 11.6. The Hall–Kier alpha value is -1.10. The molecule has 86 valence electrons. The lowest BCUT2D eigenvalue weighted by atomic mass is 10.2. The quantitative estimate of drug-likeness (QED) is 0.602. The van der Waals surface area contributed by atoms with Crippen molar-refractivity contribution in [2.45, 2.75) is 31.7 Å². The van der Waals surface area contributed by atoms with Gasteiger partial charge in [-0.2, -0.15) is 0 Å². The van der Waals surface area contributed by atoms with Crippen LogP contribution in [0.3, 0.4) is 0 Å². The van der Waals surface area contributed by atoms with Gasteiger partial charge in [-0.15, -0.1) is 0 Å². The molecular formula is C10H19N3O2. The summed E-state index contributed by atoms with van der Waals surface area (Å²) < 4.78 is 0. The number of primary amides is 1. The third kappa shape index (κ3) is 3.87. The molecule has 0 aliphatic carbocycles. The van der Waals surface area contributed by atoms with Gasteiger partial charge >= 0.3 is 0 Å². The van der Waals surface area contributed by atoms with E-state index >= 15 is 0 Å². The molecule has 5 heteroatoms. The van der Waals surface area contributed by atoms with Crippen LogP contribution in [-0.4, -0.2) is 42.9 Å². The van der Waals surface area contributed by atoms with E-state index in [1.807, 2.05) is 7.05 Å². The smallest absolute Gasteiger partial charge is 0.237 e. The lowest BCUT2D eigenvalue weighted by molar-refractivity contribution is -0.125. The number of nitrogens with two attached hydrogens (primary N) is 1. The Morgan fingerprint density at radius 3 is 2.80 bits per heavy atom. The van der Waals surface area contributed by atoms with Crippen LogP contribution in [-0.2, 0) is 9.59 Å². The molecule has 2 amide bonds. The molecular weight excluding hydrogens is 194 g/mol. The molecule has 3 N–H and O–H groups in total. The molecule has 0 spiro atoms. The van der Waals surface area contributed by atoms with Gasteiger partial charge in [-0.1, -0.05) is 0 Å². The van der Waals surface area contributed by atoms with Crippen LogP contribution >= 0.6 is 0 Å². The number of rotatable bonds is 5. The van der Waals surface area contributed by atoms with E-state index < -0.39 is 0 Å². The van der Waals surface area contributed by atoms with Crippen molar-refractivity contribution in [3.8, 4) is 0 Å². The minimum absolute atomic E-state index is 0.0126. The number of nitrogens with one attached hydrogen (secondary N) is 1. The molecule has 1 saturated heterocycles. The lowest BCUT2D eigenvalue weighted by Gasteiger charge is -2.18. The van der Waals surface area contributed by atoms with E-state index in [0.29, 0.717) is 19.4 Å². The van der Waals surface area contributed by atoms with Crippen molar-refractivity contribution in [2.75, 3.05) is 20.1 Å². The van der Waals surface area contributed by atoms with Crippen LogP contribution in [0.15, 0.2) is 0 Å². The second kappa shape index (κ2) is 5.70. The van der Waals surface area contributed by atoms with Crippen molar-refractivity contribution in [3.63, 3.8) is 0 Å². The molecule has 1 atom stereocenters. The van der Waals surface area contributed by atoms with E-state index in [-0.39, 0.29) is 17.9 Å². The Kier molecular flexibility index (Phi) is 4.55. The van der Waals surface area contributed by atoms with Crippen LogP contribution in [0.4, 0.5) is 0 Å². The topological polar surface area (TPSA) is 75.4 Å². The first-order valence-corrected chi connectivity index (χ1v) is 5.37. The van der Waals surface area contributed by atoms with Crippen LogP contribution in [0, 0.1) is 0 Å². The van der Waals surface area contributed by atoms with E-state index in [9.17, 15) is 9.59 Å². The summed E-state index contributed by atoms with van der Waals surface area (Å²) in [6.45, 7) is 1.52. The summed E-state index contributed by atoms with van der Waals surface area (Å²) in [6.07, 6.45) is 2.96. The zero-order valence-corrected chi connectivity index (χ0v) is 9.16. The number of hydrogen-bond acceptors (Lipinski definition) is 3. The maximum Gasteiger partial charge on any atom is 0.237 e. The monoisotopic (exact) mass is 213 g/mol. The Bertz CT molecular complexity index is 243. The largest absolute Gasteiger partial charge is 0.370 e. The van der Waals surface area contributed by atoms with E-state index in [2.05, 4.69) is 10.2 Å². The summed E-state index contributed by atoms with van der Waals surface area (Å²) in [6, 6.07) is 0.0126. The Labute approximate surface area is 90.0 Å². The second-order valence-electron chi connectivity index (χ2n) is 4.00. The highest BCUT2D eigenvalue weighted by molar-refractivity contribution is 5.82. The molecule has 1 aliphatic rings. The van der Waals surface area contributed by atoms with Crippen LogP contribution in [0.25, 0.3) is 0 Å². The number of likely N-dealkylation sites (tertiary alicyclic amines) is 1. The first kappa shape index (κ1) is 12.0. The van der Waals surface area contributed by atoms with Crippen molar-refractivity contribution in [3.05, 3.63) is 0 Å². The summed E-state index contributed by atoms with van der Waals surface area (Å²) in [4.78, 5) is 24.1. The van der Waals surface area contributed by atoms with Crippen molar-refractivity contribution < 1.29 is 9.59 Å². The minimum Gasteiger partial charge on any atom is -0.370 e. The SMILES string of the molecule is CN1CCC[C@H]1C(=O)NCCCC(N)=O. The van der Waals surface area contributed by atoms with Gasteiger partial charge in [-0.3, -0.25) is 14.5 Å². The average Bonchev–Trinajstić information content (AvgIpc) is 2.58. The summed E-state index contributed by atoms with van der Waals surface area (Å²) in [7, 11) is 1.96. The van der Waals surface area contributed by atoms with Crippen molar-refractivity contribution in [1.29, 1.82) is 0 Å². The third-order valence-electron chi connectivity index (χ3n) is 2.72. The summed E-state index contributed by atoms with van der Waals surface area (Å²) in [5.41, 5.74) is 4.99. The fourth-order valence-electron chi connectivity index (χ4n) is 1.83. The molecule has 0 aromatic carbocycles. The van der Waals surface area contributed by atoms with Gasteiger partial charge in [0, 0.05) is 13.0 Å². The number of likely N-dealkylation sites (N-methyl/N-ethyl adjacent to an activating group) is 1. The van der Waals surface area contributed by atoms with Crippen molar-refractivity contribution >= 4 is 11.8 Å². The summed E-state index contributed by atoms with van der Waals surface area (Å²) >= 11 is 0. The van der Waals surface area contributed by atoms with Gasteiger partial charge in [0.05, 0.1) is 6.04 Å². The highest BCUT2D eigenvalue weighted by Gasteiger charge is 2.26. The number of nitrogens with zero attached hydrogens (tertiary/aromatic N) is 1. The van der Waals surface area contributed by atoms with Gasteiger partial charge in [0.15, 0.2) is 0 Å². The summed E-state index contributed by atoms with van der Waals surface area (Å²) in [5, 5.41) is 2.82. The molecule has 0 radical (unpaired) electrons. The summed E-state index contributed by atoms with van der Waals surface area (Å²) in [5.74, 6) is -0.248. The van der Waals surface area contributed by atoms with E-state index in [1.54, 1.807) is 0 Å². The van der Waals surface area contributed by atoms with Crippen LogP contribution in [0.1, 0.15) is 25.7 Å². The number of hydrogen-bond donors (Lipinski definition) is 2. The second-order valence-corrected chi connectivity index (χ2v) is 4.00. The zero-order valence-electron chi connectivity index (χ0n) is 9.16. The Morgan fingerprint density at radius 1 is 1.53 bits per heavy atom. The van der Waals surface area contributed by atoms with Crippen molar-refractivity contribution in [1.82, 2.24) is 10.2 Å². The Balaban J connectivity index is 2.15. The lowest BCUT2D eigenvalue weighted by Crippen LogP contribution is -2.41. The predicted molar refractivity (Wildman–Crippen MR) is 57.1 cm³/mol. The molecule has 1 rings (SSSR count). The molecule has 0 saturated carbocycles. The van der Waals surface area contributed by atoms with E-state index in [4.69, 9.17) is 5.73 Å². The van der Waals surface area contributed by atoms with Gasteiger partial charge in [0.2, 0.25) is 11.8 Å². The number of carbonyl (C=O) groups excluding carboxylic acids is 2.